The summed E-state index contributed by atoms with van der Waals surface area (Å²) in [5, 5.41) is 9.53. The van der Waals surface area contributed by atoms with Gasteiger partial charge in [-0.15, -0.1) is 0 Å². The van der Waals surface area contributed by atoms with Crippen LogP contribution in [0.2, 0.25) is 6.82 Å². The van der Waals surface area contributed by atoms with E-state index >= 15 is 0 Å². The third-order valence-corrected chi connectivity index (χ3v) is 4.96. The van der Waals surface area contributed by atoms with E-state index in [1.807, 2.05) is 42.7 Å². The van der Waals surface area contributed by atoms with Gasteiger partial charge in [0.2, 0.25) is 0 Å². The highest BCUT2D eigenvalue weighted by Gasteiger charge is 2.06. The SMILES string of the molecule is CB(O)c1ccc(CONC(=O)/C=C/c2ccn(Cc3ccc(CN(C)C)cc3)c2)cc1. The van der Waals surface area contributed by atoms with Crippen LogP contribution in [0.5, 0.6) is 0 Å². The maximum atomic E-state index is 12.0. The van der Waals surface area contributed by atoms with Crippen molar-refractivity contribution in [3.8, 4) is 0 Å². The van der Waals surface area contributed by atoms with Gasteiger partial charge in [-0.1, -0.05) is 55.4 Å². The summed E-state index contributed by atoms with van der Waals surface area (Å²) in [5.41, 5.74) is 7.63. The molecule has 2 aromatic carbocycles. The van der Waals surface area contributed by atoms with Gasteiger partial charge in [-0.2, -0.15) is 0 Å². The van der Waals surface area contributed by atoms with Crippen LogP contribution in [-0.4, -0.2) is 41.4 Å². The maximum Gasteiger partial charge on any atom is 0.320 e. The number of amides is 1. The Morgan fingerprint density at radius 2 is 1.72 bits per heavy atom. The molecular formula is C25H30BN3O3. The van der Waals surface area contributed by atoms with Crippen LogP contribution in [0.4, 0.5) is 0 Å². The molecule has 3 rings (SSSR count). The first-order chi connectivity index (χ1) is 15.4. The highest BCUT2D eigenvalue weighted by Crippen LogP contribution is 2.10. The Kier molecular flexibility index (Phi) is 8.44. The van der Waals surface area contributed by atoms with E-state index in [9.17, 15) is 9.82 Å². The molecule has 0 spiro atoms. The molecule has 2 N–H and O–H groups in total. The molecule has 0 atom stereocenters. The van der Waals surface area contributed by atoms with Crippen LogP contribution in [-0.2, 0) is 29.3 Å². The van der Waals surface area contributed by atoms with Crippen LogP contribution in [0.25, 0.3) is 6.08 Å². The average molecular weight is 431 g/mol. The Hall–Kier alpha value is -3.13. The molecule has 1 heterocycles. The quantitative estimate of drug-likeness (QED) is 0.294. The number of rotatable bonds is 10. The lowest BCUT2D eigenvalue weighted by Crippen LogP contribution is -2.26. The van der Waals surface area contributed by atoms with Gasteiger partial charge >= 0.3 is 6.92 Å². The number of benzene rings is 2. The van der Waals surface area contributed by atoms with Crippen molar-refractivity contribution in [1.82, 2.24) is 14.9 Å². The standard InChI is InChI=1S/C25H30BN3O3/c1-26(31)24-11-8-23(9-12-24)19-32-27-25(30)13-10-22-14-15-29(18-22)17-21-6-4-20(5-7-21)16-28(2)3/h4-15,18,31H,16-17,19H2,1-3H3,(H,27,30)/b13-10+. The van der Waals surface area contributed by atoms with Crippen molar-refractivity contribution in [3.05, 3.63) is 95.3 Å². The number of carbonyl (C=O) groups excluding carboxylic acids is 1. The number of hydrogen-bond donors (Lipinski definition) is 2. The second-order valence-corrected chi connectivity index (χ2v) is 8.18. The minimum atomic E-state index is -0.502. The topological polar surface area (TPSA) is 66.7 Å². The summed E-state index contributed by atoms with van der Waals surface area (Å²) in [6.07, 6.45) is 7.21. The third kappa shape index (κ3) is 7.53. The van der Waals surface area contributed by atoms with Crippen molar-refractivity contribution in [2.45, 2.75) is 26.5 Å². The molecule has 0 saturated heterocycles. The number of nitrogens with zero attached hydrogens (tertiary/aromatic N) is 2. The maximum absolute atomic E-state index is 12.0. The molecule has 1 aromatic heterocycles. The van der Waals surface area contributed by atoms with Gasteiger partial charge in [0.05, 0.1) is 6.61 Å². The van der Waals surface area contributed by atoms with Gasteiger partial charge in [-0.05, 0) is 54.0 Å². The molecule has 0 aliphatic carbocycles. The molecule has 7 heteroatoms. The molecule has 0 radical (unpaired) electrons. The molecule has 0 fully saturated rings. The van der Waals surface area contributed by atoms with Crippen molar-refractivity contribution < 1.29 is 14.7 Å². The van der Waals surface area contributed by atoms with E-state index < -0.39 is 6.92 Å². The zero-order valence-corrected chi connectivity index (χ0v) is 18.9. The Balaban J connectivity index is 1.44. The van der Waals surface area contributed by atoms with Crippen LogP contribution in [0.3, 0.4) is 0 Å². The van der Waals surface area contributed by atoms with Gasteiger partial charge in [0.1, 0.15) is 0 Å². The van der Waals surface area contributed by atoms with Gasteiger partial charge in [0.25, 0.3) is 5.91 Å². The third-order valence-electron chi connectivity index (χ3n) is 4.96. The van der Waals surface area contributed by atoms with Crippen molar-refractivity contribution in [2.75, 3.05) is 14.1 Å². The van der Waals surface area contributed by atoms with Crippen LogP contribution in [0.1, 0.15) is 22.3 Å². The first-order valence-corrected chi connectivity index (χ1v) is 10.6. The van der Waals surface area contributed by atoms with Crippen LogP contribution in [0, 0.1) is 0 Å². The molecule has 0 aliphatic heterocycles. The van der Waals surface area contributed by atoms with E-state index in [4.69, 9.17) is 4.84 Å². The van der Waals surface area contributed by atoms with Crippen molar-refractivity contribution in [3.63, 3.8) is 0 Å². The first kappa shape index (κ1) is 23.5. The minimum Gasteiger partial charge on any atom is -0.447 e. The minimum absolute atomic E-state index is 0.253. The molecule has 3 aromatic rings. The van der Waals surface area contributed by atoms with E-state index in [2.05, 4.69) is 53.3 Å². The van der Waals surface area contributed by atoms with E-state index in [0.717, 1.165) is 29.7 Å². The second-order valence-electron chi connectivity index (χ2n) is 8.18. The molecule has 0 bridgehead atoms. The van der Waals surface area contributed by atoms with Crippen LogP contribution < -0.4 is 10.9 Å². The number of nitrogens with one attached hydrogen (secondary N) is 1. The lowest BCUT2D eigenvalue weighted by Gasteiger charge is -2.10. The normalized spacial score (nSPS) is 11.3. The fraction of sp³-hybridized carbons (Fsp3) is 0.240. The van der Waals surface area contributed by atoms with Gasteiger partial charge in [0.15, 0.2) is 0 Å². The van der Waals surface area contributed by atoms with Gasteiger partial charge in [0, 0.05) is 31.6 Å². The van der Waals surface area contributed by atoms with Crippen molar-refractivity contribution in [2.24, 2.45) is 0 Å². The fourth-order valence-corrected chi connectivity index (χ4v) is 3.27. The van der Waals surface area contributed by atoms with Gasteiger partial charge < -0.3 is 14.5 Å². The fourth-order valence-electron chi connectivity index (χ4n) is 3.27. The average Bonchev–Trinajstić information content (AvgIpc) is 3.21. The number of aromatic nitrogens is 1. The van der Waals surface area contributed by atoms with Crippen LogP contribution in [0.15, 0.2) is 73.1 Å². The first-order valence-electron chi connectivity index (χ1n) is 10.6. The molecule has 0 saturated carbocycles. The largest absolute Gasteiger partial charge is 0.447 e. The number of carbonyl (C=O) groups is 1. The molecule has 1 amide bonds. The summed E-state index contributed by atoms with van der Waals surface area (Å²) in [6, 6.07) is 18.0. The summed E-state index contributed by atoms with van der Waals surface area (Å²) in [5.74, 6) is -0.324. The van der Waals surface area contributed by atoms with Crippen LogP contribution >= 0.6 is 0 Å². The van der Waals surface area contributed by atoms with E-state index in [1.165, 1.54) is 17.2 Å². The summed E-state index contributed by atoms with van der Waals surface area (Å²) < 4.78 is 2.09. The summed E-state index contributed by atoms with van der Waals surface area (Å²) >= 11 is 0. The predicted molar refractivity (Wildman–Crippen MR) is 129 cm³/mol. The Morgan fingerprint density at radius 3 is 2.38 bits per heavy atom. The molecule has 0 aliphatic rings. The number of hydrogen-bond acceptors (Lipinski definition) is 4. The van der Waals surface area contributed by atoms with Gasteiger partial charge in [-0.3, -0.25) is 9.63 Å². The molecule has 32 heavy (non-hydrogen) atoms. The highest BCUT2D eigenvalue weighted by atomic mass is 16.6. The second kappa shape index (κ2) is 11.5. The predicted octanol–water partition coefficient (Wildman–Crippen LogP) is 2.68. The molecule has 6 nitrogen and oxygen atoms in total. The smallest absolute Gasteiger partial charge is 0.320 e. The van der Waals surface area contributed by atoms with E-state index in [-0.39, 0.29) is 12.5 Å². The summed E-state index contributed by atoms with van der Waals surface area (Å²) in [7, 11) is 4.12. The van der Waals surface area contributed by atoms with E-state index in [1.54, 1.807) is 12.9 Å². The van der Waals surface area contributed by atoms with Crippen molar-refractivity contribution >= 4 is 24.4 Å². The molecule has 0 unspecified atom stereocenters. The molecule has 166 valence electrons. The summed E-state index contributed by atoms with van der Waals surface area (Å²) in [6.45, 7) is 3.18. The Morgan fingerprint density at radius 1 is 1.06 bits per heavy atom. The summed E-state index contributed by atoms with van der Waals surface area (Å²) in [4.78, 5) is 19.4. The molecular weight excluding hydrogens is 401 g/mol. The number of hydroxylamine groups is 1. The zero-order valence-electron chi connectivity index (χ0n) is 18.9. The van der Waals surface area contributed by atoms with Crippen molar-refractivity contribution in [1.29, 1.82) is 0 Å². The van der Waals surface area contributed by atoms with E-state index in [0.29, 0.717) is 0 Å². The highest BCUT2D eigenvalue weighted by molar-refractivity contribution is 6.64. The Labute approximate surface area is 190 Å². The lowest BCUT2D eigenvalue weighted by molar-refractivity contribution is -0.129. The lowest BCUT2D eigenvalue weighted by atomic mass is 9.64. The monoisotopic (exact) mass is 431 g/mol. The van der Waals surface area contributed by atoms with Gasteiger partial charge in [-0.25, -0.2) is 5.48 Å². The zero-order chi connectivity index (χ0) is 22.9. The Bertz CT molecular complexity index is 1030.